The summed E-state index contributed by atoms with van der Waals surface area (Å²) in [5, 5.41) is 4.32. The molecule has 0 atom stereocenters. The van der Waals surface area contributed by atoms with Crippen molar-refractivity contribution in [3.63, 3.8) is 0 Å². The molecule has 2 N–H and O–H groups in total. The van der Waals surface area contributed by atoms with E-state index in [0.717, 1.165) is 57.7 Å². The molecule has 2 aromatic carbocycles. The number of methoxy groups -OCH3 is 1. The molecule has 6 rings (SSSR count). The van der Waals surface area contributed by atoms with Crippen molar-refractivity contribution in [1.82, 2.24) is 23.8 Å². The van der Waals surface area contributed by atoms with Crippen molar-refractivity contribution in [3.8, 4) is 17.0 Å². The summed E-state index contributed by atoms with van der Waals surface area (Å²) in [4.78, 5) is 29.2. The van der Waals surface area contributed by atoms with Crippen molar-refractivity contribution in [3.05, 3.63) is 58.7 Å². The second-order valence-corrected chi connectivity index (χ2v) is 14.0. The summed E-state index contributed by atoms with van der Waals surface area (Å²) in [5.74, 6) is 0.380. The summed E-state index contributed by atoms with van der Waals surface area (Å²) in [7, 11) is 0.955. The minimum atomic E-state index is -4.04. The molecule has 1 fully saturated rings. The first-order valence-corrected chi connectivity index (χ1v) is 16.9. The minimum absolute atomic E-state index is 0.0104. The van der Waals surface area contributed by atoms with Crippen LogP contribution in [0.15, 0.2) is 42.0 Å². The standard InChI is InChI=1S/C33H41N5O5S/c1-36-14-13-34-20-30(39)25-17-24-18-26(43-3)10-12-27(24)32-31(22-7-5-4-6-8-22)28-11-9-23(19-29(28)38(32)21-25)33(40)35-44(41,42)37(2)16-15-36/h9-12,17-19,22,34H,4-8,13-16,20-21H2,1-3H3,(H,35,40). The molecule has 1 saturated carbocycles. The number of nitrogens with one attached hydrogen (secondary N) is 2. The lowest BCUT2D eigenvalue weighted by molar-refractivity contribution is -0.114. The van der Waals surface area contributed by atoms with Crippen LogP contribution in [0.3, 0.4) is 0 Å². The minimum Gasteiger partial charge on any atom is -0.497 e. The summed E-state index contributed by atoms with van der Waals surface area (Å²) in [6, 6.07) is 11.4. The summed E-state index contributed by atoms with van der Waals surface area (Å²) in [6.45, 7) is 2.40. The molecular weight excluding hydrogens is 578 g/mol. The monoisotopic (exact) mass is 619 g/mol. The molecule has 0 radical (unpaired) electrons. The predicted molar refractivity (Wildman–Crippen MR) is 172 cm³/mol. The second kappa shape index (κ2) is 12.5. The lowest BCUT2D eigenvalue weighted by atomic mass is 9.81. The number of benzene rings is 2. The van der Waals surface area contributed by atoms with Gasteiger partial charge in [-0.25, -0.2) is 4.72 Å². The molecule has 0 saturated heterocycles. The Morgan fingerprint density at radius 1 is 0.955 bits per heavy atom. The first-order chi connectivity index (χ1) is 21.2. The lowest BCUT2D eigenvalue weighted by Crippen LogP contribution is -2.44. The van der Waals surface area contributed by atoms with E-state index in [9.17, 15) is 18.0 Å². The zero-order chi connectivity index (χ0) is 31.0. The first-order valence-electron chi connectivity index (χ1n) is 15.4. The van der Waals surface area contributed by atoms with Crippen LogP contribution in [0.1, 0.15) is 59.5 Å². The van der Waals surface area contributed by atoms with Gasteiger partial charge in [-0.15, -0.1) is 0 Å². The number of rotatable bonds is 2. The Morgan fingerprint density at radius 3 is 2.52 bits per heavy atom. The summed E-state index contributed by atoms with van der Waals surface area (Å²) in [6.07, 6.45) is 7.65. The fraction of sp³-hybridized carbons (Fsp3) is 0.455. The highest BCUT2D eigenvalue weighted by atomic mass is 32.2. The number of Topliss-reactive ketones (excluding diaryl/α,β-unsaturated/α-hetero) is 1. The third-order valence-electron chi connectivity index (χ3n) is 9.29. The molecule has 3 heterocycles. The van der Waals surface area contributed by atoms with Crippen molar-refractivity contribution in [1.29, 1.82) is 0 Å². The maximum Gasteiger partial charge on any atom is 0.303 e. The zero-order valence-corrected chi connectivity index (χ0v) is 26.5. The normalized spacial score (nSPS) is 20.9. The van der Waals surface area contributed by atoms with Crippen LogP contribution in [0.4, 0.5) is 0 Å². The number of fused-ring (bicyclic) bond motifs is 4. The van der Waals surface area contributed by atoms with Gasteiger partial charge < -0.3 is 19.5 Å². The van der Waals surface area contributed by atoms with Crippen molar-refractivity contribution >= 4 is 38.9 Å². The summed E-state index contributed by atoms with van der Waals surface area (Å²) >= 11 is 0. The van der Waals surface area contributed by atoms with Crippen molar-refractivity contribution < 1.29 is 22.7 Å². The number of likely N-dealkylation sites (N-methyl/N-ethyl adjacent to an activating group) is 2. The van der Waals surface area contributed by atoms with E-state index in [-0.39, 0.29) is 24.4 Å². The largest absolute Gasteiger partial charge is 0.497 e. The number of hydrogen-bond donors (Lipinski definition) is 2. The van der Waals surface area contributed by atoms with E-state index in [2.05, 4.69) is 20.7 Å². The van der Waals surface area contributed by atoms with Crippen LogP contribution in [0.5, 0.6) is 5.75 Å². The van der Waals surface area contributed by atoms with Gasteiger partial charge >= 0.3 is 10.2 Å². The molecule has 3 aliphatic rings. The molecule has 0 unspecified atom stereocenters. The van der Waals surface area contributed by atoms with Gasteiger partial charge in [-0.2, -0.15) is 12.7 Å². The Labute approximate surface area is 259 Å². The van der Waals surface area contributed by atoms with Crippen molar-refractivity contribution in [2.45, 2.75) is 44.6 Å². The van der Waals surface area contributed by atoms with E-state index >= 15 is 0 Å². The number of amides is 1. The molecule has 3 aromatic rings. The third kappa shape index (κ3) is 5.93. The molecular formula is C33H41N5O5S. The summed E-state index contributed by atoms with van der Waals surface area (Å²) in [5.41, 5.74) is 5.95. The van der Waals surface area contributed by atoms with Crippen LogP contribution in [-0.2, 0) is 21.5 Å². The average Bonchev–Trinajstić information content (AvgIpc) is 3.23. The smallest absolute Gasteiger partial charge is 0.303 e. The van der Waals surface area contributed by atoms with Gasteiger partial charge in [0.1, 0.15) is 5.75 Å². The number of carbonyl (C=O) groups is 2. The first kappa shape index (κ1) is 30.5. The van der Waals surface area contributed by atoms with Gasteiger partial charge in [0, 0.05) is 60.8 Å². The van der Waals surface area contributed by atoms with Crippen LogP contribution < -0.4 is 14.8 Å². The van der Waals surface area contributed by atoms with Crippen LogP contribution in [-0.4, -0.2) is 87.8 Å². The van der Waals surface area contributed by atoms with Gasteiger partial charge in [0.15, 0.2) is 5.78 Å². The fourth-order valence-electron chi connectivity index (χ4n) is 6.73. The predicted octanol–water partition coefficient (Wildman–Crippen LogP) is 3.77. The number of hydrogen-bond acceptors (Lipinski definition) is 7. The number of ether oxygens (including phenoxy) is 1. The van der Waals surface area contributed by atoms with Crippen molar-refractivity contribution in [2.24, 2.45) is 0 Å². The third-order valence-corrected chi connectivity index (χ3v) is 10.7. The van der Waals surface area contributed by atoms with E-state index in [0.29, 0.717) is 43.4 Å². The second-order valence-electron chi connectivity index (χ2n) is 12.2. The summed E-state index contributed by atoms with van der Waals surface area (Å²) < 4.78 is 37.3. The van der Waals surface area contributed by atoms with E-state index in [1.54, 1.807) is 19.2 Å². The van der Waals surface area contributed by atoms with Crippen LogP contribution >= 0.6 is 0 Å². The van der Waals surface area contributed by atoms with Gasteiger partial charge in [-0.3, -0.25) is 9.59 Å². The molecule has 1 aliphatic carbocycles. The lowest BCUT2D eigenvalue weighted by Gasteiger charge is -2.24. The number of nitrogens with zero attached hydrogens (tertiary/aromatic N) is 3. The molecule has 1 amide bonds. The Morgan fingerprint density at radius 2 is 1.75 bits per heavy atom. The highest BCUT2D eigenvalue weighted by Crippen LogP contribution is 2.47. The molecule has 44 heavy (non-hydrogen) atoms. The van der Waals surface area contributed by atoms with Gasteiger partial charge in [0.2, 0.25) is 0 Å². The van der Waals surface area contributed by atoms with E-state index in [1.807, 2.05) is 36.2 Å². The van der Waals surface area contributed by atoms with E-state index < -0.39 is 16.1 Å². The van der Waals surface area contributed by atoms with Crippen LogP contribution in [0.25, 0.3) is 28.2 Å². The van der Waals surface area contributed by atoms with E-state index in [4.69, 9.17) is 4.74 Å². The van der Waals surface area contributed by atoms with Gasteiger partial charge in [-0.05, 0) is 73.3 Å². The Hall–Kier alpha value is -3.51. The fourth-order valence-corrected chi connectivity index (χ4v) is 7.56. The average molecular weight is 620 g/mol. The van der Waals surface area contributed by atoms with Gasteiger partial charge in [0.05, 0.1) is 25.9 Å². The molecule has 4 bridgehead atoms. The van der Waals surface area contributed by atoms with Crippen molar-refractivity contribution in [2.75, 3.05) is 53.9 Å². The highest BCUT2D eigenvalue weighted by molar-refractivity contribution is 7.87. The Kier molecular flexibility index (Phi) is 8.65. The van der Waals surface area contributed by atoms with Gasteiger partial charge in [-0.1, -0.05) is 25.3 Å². The molecule has 11 heteroatoms. The number of aromatic nitrogens is 1. The zero-order valence-electron chi connectivity index (χ0n) is 25.7. The molecule has 2 aliphatic heterocycles. The number of carbonyl (C=O) groups excluding carboxylic acids is 2. The van der Waals surface area contributed by atoms with Gasteiger partial charge in [0.25, 0.3) is 5.91 Å². The highest BCUT2D eigenvalue weighted by Gasteiger charge is 2.31. The molecule has 1 aromatic heterocycles. The molecule has 10 nitrogen and oxygen atoms in total. The SMILES string of the molecule is COc1ccc2c(c1)C=C1Cn3c-2c(C2CCCCC2)c2ccc(cc23)C(=O)NS(=O)(=O)N(C)CCN(C)CCNCC1=O. The van der Waals surface area contributed by atoms with Crippen LogP contribution in [0, 0.1) is 0 Å². The van der Waals surface area contributed by atoms with Crippen LogP contribution in [0.2, 0.25) is 0 Å². The van der Waals surface area contributed by atoms with E-state index in [1.165, 1.54) is 19.0 Å². The quantitative estimate of drug-likeness (QED) is 0.449. The Bertz CT molecular complexity index is 1740. The maximum absolute atomic E-state index is 13.8. The molecule has 234 valence electrons. The Balaban J connectivity index is 1.56. The number of ketones is 1. The topological polar surface area (TPSA) is 113 Å². The maximum atomic E-state index is 13.8. The molecule has 0 spiro atoms.